The van der Waals surface area contributed by atoms with Crippen LogP contribution in [0.3, 0.4) is 0 Å². The molecule has 2 heterocycles. The molecule has 51 heavy (non-hydrogen) atoms. The Balaban J connectivity index is 1.08. The molecule has 0 aliphatic heterocycles. The first-order valence-electron chi connectivity index (χ1n) is 17.1. The number of benzene rings is 8. The van der Waals surface area contributed by atoms with Crippen LogP contribution in [-0.4, -0.2) is 15.0 Å². The van der Waals surface area contributed by atoms with Crippen LogP contribution in [0.15, 0.2) is 180 Å². The Hall–Kier alpha value is -6.91. The van der Waals surface area contributed by atoms with Gasteiger partial charge in [-0.3, -0.25) is 0 Å². The Labute approximate surface area is 294 Å². The molecule has 0 unspecified atom stereocenters. The van der Waals surface area contributed by atoms with E-state index in [1.165, 1.54) is 21.9 Å². The van der Waals surface area contributed by atoms with Crippen molar-refractivity contribution >= 4 is 43.5 Å². The lowest BCUT2D eigenvalue weighted by Gasteiger charge is -2.13. The number of aromatic nitrogens is 3. The van der Waals surface area contributed by atoms with Crippen molar-refractivity contribution < 1.29 is 4.42 Å². The average molecular weight is 652 g/mol. The summed E-state index contributed by atoms with van der Waals surface area (Å²) in [5, 5.41) is 6.93. The Bertz CT molecular complexity index is 2910. The molecule has 0 amide bonds. The van der Waals surface area contributed by atoms with Crippen molar-refractivity contribution in [1.29, 1.82) is 0 Å². The van der Waals surface area contributed by atoms with Gasteiger partial charge in [0.25, 0.3) is 0 Å². The van der Waals surface area contributed by atoms with Gasteiger partial charge in [0.05, 0.1) is 0 Å². The van der Waals surface area contributed by atoms with Gasteiger partial charge in [0.1, 0.15) is 11.2 Å². The second-order valence-corrected chi connectivity index (χ2v) is 12.8. The normalized spacial score (nSPS) is 11.5. The molecule has 0 spiro atoms. The maximum atomic E-state index is 6.06. The molecule has 0 bridgehead atoms. The zero-order valence-corrected chi connectivity index (χ0v) is 27.5. The maximum Gasteiger partial charge on any atom is 0.164 e. The predicted molar refractivity (Wildman–Crippen MR) is 209 cm³/mol. The fourth-order valence-electron chi connectivity index (χ4n) is 7.16. The molecule has 0 saturated carbocycles. The summed E-state index contributed by atoms with van der Waals surface area (Å²) >= 11 is 0. The van der Waals surface area contributed by atoms with E-state index in [1.54, 1.807) is 0 Å². The van der Waals surface area contributed by atoms with E-state index in [0.717, 1.165) is 60.5 Å². The van der Waals surface area contributed by atoms with Gasteiger partial charge in [0.15, 0.2) is 17.5 Å². The van der Waals surface area contributed by atoms with Gasteiger partial charge in [-0.1, -0.05) is 146 Å². The first-order valence-corrected chi connectivity index (χ1v) is 17.1. The van der Waals surface area contributed by atoms with E-state index in [1.807, 2.05) is 48.5 Å². The molecule has 10 aromatic rings. The zero-order valence-electron chi connectivity index (χ0n) is 27.5. The highest BCUT2D eigenvalue weighted by Crippen LogP contribution is 2.37. The van der Waals surface area contributed by atoms with Crippen LogP contribution in [0.2, 0.25) is 0 Å². The van der Waals surface area contributed by atoms with E-state index in [4.69, 9.17) is 19.4 Å². The topological polar surface area (TPSA) is 51.8 Å². The molecule has 4 nitrogen and oxygen atoms in total. The minimum atomic E-state index is 0.629. The number of hydrogen-bond donors (Lipinski definition) is 0. The van der Waals surface area contributed by atoms with Gasteiger partial charge in [0.2, 0.25) is 0 Å². The molecule has 0 N–H and O–H groups in total. The van der Waals surface area contributed by atoms with Gasteiger partial charge in [-0.15, -0.1) is 0 Å². The van der Waals surface area contributed by atoms with Gasteiger partial charge < -0.3 is 4.42 Å². The molecule has 0 saturated heterocycles. The summed E-state index contributed by atoms with van der Waals surface area (Å²) in [6.07, 6.45) is 0. The van der Waals surface area contributed by atoms with Crippen molar-refractivity contribution in [2.75, 3.05) is 0 Å². The van der Waals surface area contributed by atoms with Crippen LogP contribution in [0.5, 0.6) is 0 Å². The van der Waals surface area contributed by atoms with Gasteiger partial charge >= 0.3 is 0 Å². The summed E-state index contributed by atoms with van der Waals surface area (Å²) in [5.74, 6) is 1.91. The summed E-state index contributed by atoms with van der Waals surface area (Å²) < 4.78 is 6.06. The van der Waals surface area contributed by atoms with Crippen LogP contribution < -0.4 is 0 Å². The van der Waals surface area contributed by atoms with E-state index in [2.05, 4.69) is 127 Å². The Morgan fingerprint density at radius 2 is 0.843 bits per heavy atom. The van der Waals surface area contributed by atoms with E-state index in [0.29, 0.717) is 17.5 Å². The third kappa shape index (κ3) is 5.13. The fourth-order valence-corrected chi connectivity index (χ4v) is 7.16. The molecule has 0 radical (unpaired) electrons. The molecule has 8 aromatic carbocycles. The van der Waals surface area contributed by atoms with E-state index in [-0.39, 0.29) is 0 Å². The summed E-state index contributed by atoms with van der Waals surface area (Å²) in [7, 11) is 0. The molecule has 10 rings (SSSR count). The first-order chi connectivity index (χ1) is 25.2. The molecular formula is C47H29N3O. The van der Waals surface area contributed by atoms with Crippen molar-refractivity contribution in [3.8, 4) is 56.4 Å². The second kappa shape index (κ2) is 11.9. The number of hydrogen-bond acceptors (Lipinski definition) is 4. The van der Waals surface area contributed by atoms with Crippen molar-refractivity contribution in [1.82, 2.24) is 15.0 Å². The minimum absolute atomic E-state index is 0.629. The summed E-state index contributed by atoms with van der Waals surface area (Å²) in [5.41, 5.74) is 9.21. The largest absolute Gasteiger partial charge is 0.456 e. The van der Waals surface area contributed by atoms with Crippen LogP contribution >= 0.6 is 0 Å². The quantitative estimate of drug-likeness (QED) is 0.186. The summed E-state index contributed by atoms with van der Waals surface area (Å²) in [4.78, 5) is 15.2. The summed E-state index contributed by atoms with van der Waals surface area (Å²) in [6, 6.07) is 61.2. The lowest BCUT2D eigenvalue weighted by atomic mass is 9.93. The molecule has 0 fully saturated rings. The third-order valence-electron chi connectivity index (χ3n) is 9.75. The van der Waals surface area contributed by atoms with E-state index >= 15 is 0 Å². The highest BCUT2D eigenvalue weighted by molar-refractivity contribution is 6.07. The average Bonchev–Trinajstić information content (AvgIpc) is 3.58. The summed E-state index contributed by atoms with van der Waals surface area (Å²) in [6.45, 7) is 0. The first kappa shape index (κ1) is 29.0. The van der Waals surface area contributed by atoms with Crippen LogP contribution in [-0.2, 0) is 0 Å². The highest BCUT2D eigenvalue weighted by atomic mass is 16.3. The predicted octanol–water partition coefficient (Wildman–Crippen LogP) is 12.4. The van der Waals surface area contributed by atoms with E-state index < -0.39 is 0 Å². The van der Waals surface area contributed by atoms with Gasteiger partial charge in [-0.2, -0.15) is 0 Å². The lowest BCUT2D eigenvalue weighted by molar-refractivity contribution is 0.669. The number of fused-ring (bicyclic) bond motifs is 5. The van der Waals surface area contributed by atoms with Crippen molar-refractivity contribution in [3.63, 3.8) is 0 Å². The van der Waals surface area contributed by atoms with Crippen molar-refractivity contribution in [2.24, 2.45) is 0 Å². The van der Waals surface area contributed by atoms with Crippen LogP contribution in [0.1, 0.15) is 0 Å². The molecule has 0 aliphatic rings. The van der Waals surface area contributed by atoms with E-state index in [9.17, 15) is 0 Å². The molecule has 0 atom stereocenters. The van der Waals surface area contributed by atoms with Crippen LogP contribution in [0.4, 0.5) is 0 Å². The minimum Gasteiger partial charge on any atom is -0.456 e. The number of furan rings is 1. The molecule has 0 aliphatic carbocycles. The van der Waals surface area contributed by atoms with Gasteiger partial charge in [-0.25, -0.2) is 15.0 Å². The fraction of sp³-hybridized carbons (Fsp3) is 0. The maximum absolute atomic E-state index is 6.06. The number of nitrogens with zero attached hydrogens (tertiary/aromatic N) is 3. The Morgan fingerprint density at radius 1 is 0.294 bits per heavy atom. The Kier molecular flexibility index (Phi) is 6.78. The van der Waals surface area contributed by atoms with Crippen molar-refractivity contribution in [2.45, 2.75) is 0 Å². The highest BCUT2D eigenvalue weighted by Gasteiger charge is 2.17. The standard InChI is InChI=1S/C47H29N3O/c1-2-11-32(12-3-1)45-48-46(33-21-18-31(19-22-33)35-24-27-44-42(29-35)40-16-8-9-17-43(40)51-44)50-47(49-45)41-26-25-37(38-14-6-7-15-39(38)41)36-23-20-30-10-4-5-13-34(30)28-36/h1-29H. The number of rotatable bonds is 5. The van der Waals surface area contributed by atoms with Crippen molar-refractivity contribution in [3.05, 3.63) is 176 Å². The van der Waals surface area contributed by atoms with Crippen LogP contribution in [0, 0.1) is 0 Å². The molecule has 4 heteroatoms. The molecule has 2 aromatic heterocycles. The lowest BCUT2D eigenvalue weighted by Crippen LogP contribution is -2.00. The molecular weight excluding hydrogens is 623 g/mol. The van der Waals surface area contributed by atoms with Crippen LogP contribution in [0.25, 0.3) is 99.9 Å². The van der Waals surface area contributed by atoms with Gasteiger partial charge in [0, 0.05) is 27.5 Å². The zero-order chi connectivity index (χ0) is 33.7. The SMILES string of the molecule is c1ccc(-c2nc(-c3ccc(-c4ccc5oc6ccccc6c5c4)cc3)nc(-c3ccc(-c4ccc5ccccc5c4)c4ccccc34)n2)cc1. The molecule has 238 valence electrons. The Morgan fingerprint density at radius 3 is 1.65 bits per heavy atom. The second-order valence-electron chi connectivity index (χ2n) is 12.8. The third-order valence-corrected chi connectivity index (χ3v) is 9.75. The van der Waals surface area contributed by atoms with Gasteiger partial charge in [-0.05, 0) is 74.1 Å². The number of para-hydroxylation sites is 1. The smallest absolute Gasteiger partial charge is 0.164 e. The monoisotopic (exact) mass is 651 g/mol.